The zero-order valence-electron chi connectivity index (χ0n) is 14.8. The maximum Gasteiger partial charge on any atom is 0.264 e. The predicted octanol–water partition coefficient (Wildman–Crippen LogP) is 1.48. The number of amides is 1. The highest BCUT2D eigenvalue weighted by Gasteiger charge is 2.25. The van der Waals surface area contributed by atoms with Crippen LogP contribution in [-0.4, -0.2) is 49.4 Å². The summed E-state index contributed by atoms with van der Waals surface area (Å²) in [4.78, 5) is 17.0. The van der Waals surface area contributed by atoms with Crippen molar-refractivity contribution in [3.05, 3.63) is 42.5 Å². The number of rotatable bonds is 6. The molecule has 8 nitrogen and oxygen atoms in total. The highest BCUT2D eigenvalue weighted by molar-refractivity contribution is 7.90. The van der Waals surface area contributed by atoms with Crippen LogP contribution in [0.4, 0.5) is 4.39 Å². The molecule has 0 saturated carbocycles. The molecular weight excluding hydrogens is 375 g/mol. The summed E-state index contributed by atoms with van der Waals surface area (Å²) < 4.78 is 42.4. The van der Waals surface area contributed by atoms with Gasteiger partial charge < -0.3 is 4.84 Å². The molecule has 10 heteroatoms. The fraction of sp³-hybridized carbons (Fsp3) is 0.412. The Labute approximate surface area is 156 Å². The summed E-state index contributed by atoms with van der Waals surface area (Å²) in [5.74, 6) is -1.26. The Morgan fingerprint density at radius 2 is 2.11 bits per heavy atom. The summed E-state index contributed by atoms with van der Waals surface area (Å²) in [6.45, 7) is 1.39. The van der Waals surface area contributed by atoms with Crippen molar-refractivity contribution in [2.24, 2.45) is 5.92 Å². The summed E-state index contributed by atoms with van der Waals surface area (Å²) in [6.07, 6.45) is 4.62. The predicted molar refractivity (Wildman–Crippen MR) is 94.8 cm³/mol. The van der Waals surface area contributed by atoms with Crippen molar-refractivity contribution < 1.29 is 22.4 Å². The summed E-state index contributed by atoms with van der Waals surface area (Å²) in [6, 6.07) is 5.06. The molecule has 2 aromatic rings. The second-order valence-electron chi connectivity index (χ2n) is 6.35. The van der Waals surface area contributed by atoms with Gasteiger partial charge in [0.05, 0.1) is 12.0 Å². The van der Waals surface area contributed by atoms with Crippen molar-refractivity contribution >= 4 is 15.9 Å². The Kier molecular flexibility index (Phi) is 5.88. The first kappa shape index (κ1) is 19.5. The van der Waals surface area contributed by atoms with Crippen LogP contribution in [0.2, 0.25) is 0 Å². The molecule has 1 aromatic heterocycles. The molecular formula is C17H21FN4O4S. The maximum atomic E-state index is 14.3. The number of halogens is 1. The number of hydroxylamine groups is 2. The van der Waals surface area contributed by atoms with Gasteiger partial charge in [-0.05, 0) is 43.0 Å². The molecule has 27 heavy (non-hydrogen) atoms. The lowest BCUT2D eigenvalue weighted by Crippen LogP contribution is -2.36. The monoisotopic (exact) mass is 396 g/mol. The molecule has 1 N–H and O–H groups in total. The maximum absolute atomic E-state index is 14.3. The van der Waals surface area contributed by atoms with Crippen molar-refractivity contribution in [3.8, 4) is 5.69 Å². The highest BCUT2D eigenvalue weighted by atomic mass is 32.2. The first-order valence-corrected chi connectivity index (χ1v) is 10.0. The molecule has 146 valence electrons. The lowest BCUT2D eigenvalue weighted by atomic mass is 9.94. The standard InChI is InChI=1S/C17H21FN4O4S/c1-26-21-9-5-13(6-10-21)11-17(23)20-27(24,25)14-3-4-16(15(18)12-14)22-8-2-7-19-22/h2-4,7-8,12-13H,5-6,9-11H2,1H3,(H,20,23). The molecule has 3 rings (SSSR count). The van der Waals surface area contributed by atoms with E-state index in [4.69, 9.17) is 4.84 Å². The quantitative estimate of drug-likeness (QED) is 0.795. The molecule has 0 atom stereocenters. The molecule has 1 amide bonds. The summed E-state index contributed by atoms with van der Waals surface area (Å²) >= 11 is 0. The van der Waals surface area contributed by atoms with Gasteiger partial charge in [0.2, 0.25) is 5.91 Å². The summed E-state index contributed by atoms with van der Waals surface area (Å²) in [5, 5.41) is 5.71. The SMILES string of the molecule is CON1CCC(CC(=O)NS(=O)(=O)c2ccc(-n3cccn3)c(F)c2)CC1. The van der Waals surface area contributed by atoms with Gasteiger partial charge >= 0.3 is 0 Å². The summed E-state index contributed by atoms with van der Waals surface area (Å²) in [5.41, 5.74) is 0.121. The smallest absolute Gasteiger partial charge is 0.264 e. The van der Waals surface area contributed by atoms with Crippen molar-refractivity contribution in [3.63, 3.8) is 0 Å². The van der Waals surface area contributed by atoms with Crippen molar-refractivity contribution in [2.45, 2.75) is 24.2 Å². The van der Waals surface area contributed by atoms with E-state index in [1.165, 1.54) is 23.0 Å². The Morgan fingerprint density at radius 1 is 1.37 bits per heavy atom. The first-order valence-electron chi connectivity index (χ1n) is 8.53. The minimum Gasteiger partial charge on any atom is -0.302 e. The van der Waals surface area contributed by atoms with Gasteiger partial charge in [-0.25, -0.2) is 22.2 Å². The number of piperidine rings is 1. The van der Waals surface area contributed by atoms with Crippen LogP contribution in [0.1, 0.15) is 19.3 Å². The molecule has 1 fully saturated rings. The number of hydrogen-bond acceptors (Lipinski definition) is 6. The van der Waals surface area contributed by atoms with Gasteiger partial charge in [0, 0.05) is 31.9 Å². The fourth-order valence-electron chi connectivity index (χ4n) is 3.06. The number of aromatic nitrogens is 2. The molecule has 1 aromatic carbocycles. The molecule has 0 bridgehead atoms. The van der Waals surface area contributed by atoms with E-state index >= 15 is 0 Å². The van der Waals surface area contributed by atoms with E-state index in [0.717, 1.165) is 18.9 Å². The van der Waals surface area contributed by atoms with Gasteiger partial charge in [-0.3, -0.25) is 4.79 Å². The van der Waals surface area contributed by atoms with Crippen LogP contribution < -0.4 is 4.72 Å². The molecule has 1 aliphatic heterocycles. The highest BCUT2D eigenvalue weighted by Crippen LogP contribution is 2.21. The second kappa shape index (κ2) is 8.15. The fourth-order valence-corrected chi connectivity index (χ4v) is 4.07. The Bertz CT molecular complexity index is 894. The van der Waals surface area contributed by atoms with Crippen LogP contribution in [0.25, 0.3) is 5.69 Å². The van der Waals surface area contributed by atoms with Gasteiger partial charge in [0.15, 0.2) is 0 Å². The van der Waals surface area contributed by atoms with Crippen molar-refractivity contribution in [2.75, 3.05) is 20.2 Å². The van der Waals surface area contributed by atoms with Crippen LogP contribution in [0.3, 0.4) is 0 Å². The van der Waals surface area contributed by atoms with E-state index in [0.29, 0.717) is 13.1 Å². The van der Waals surface area contributed by atoms with E-state index < -0.39 is 21.7 Å². The first-order chi connectivity index (χ1) is 12.9. The topological polar surface area (TPSA) is 93.5 Å². The molecule has 0 aliphatic carbocycles. The molecule has 1 aliphatic rings. The van der Waals surface area contributed by atoms with Crippen LogP contribution in [-0.2, 0) is 19.7 Å². The average molecular weight is 396 g/mol. The number of carbonyl (C=O) groups is 1. The number of hydrogen-bond donors (Lipinski definition) is 1. The molecule has 0 unspecified atom stereocenters. The van der Waals surface area contributed by atoms with E-state index in [2.05, 4.69) is 5.10 Å². The average Bonchev–Trinajstić information content (AvgIpc) is 3.16. The van der Waals surface area contributed by atoms with E-state index in [9.17, 15) is 17.6 Å². The van der Waals surface area contributed by atoms with Crippen LogP contribution in [0.15, 0.2) is 41.6 Å². The van der Waals surface area contributed by atoms with E-state index in [1.54, 1.807) is 24.4 Å². The second-order valence-corrected chi connectivity index (χ2v) is 8.03. The Morgan fingerprint density at radius 3 is 2.70 bits per heavy atom. The zero-order valence-corrected chi connectivity index (χ0v) is 15.7. The number of benzene rings is 1. The van der Waals surface area contributed by atoms with Crippen LogP contribution in [0.5, 0.6) is 0 Å². The number of nitrogens with one attached hydrogen (secondary N) is 1. The van der Waals surface area contributed by atoms with E-state index in [-0.39, 0.29) is 22.9 Å². The number of carbonyl (C=O) groups excluding carboxylic acids is 1. The third-order valence-corrected chi connectivity index (χ3v) is 5.91. The van der Waals surface area contributed by atoms with Gasteiger partial charge in [0.1, 0.15) is 11.5 Å². The molecule has 0 spiro atoms. The third-order valence-electron chi connectivity index (χ3n) is 4.53. The van der Waals surface area contributed by atoms with Gasteiger partial charge in [0.25, 0.3) is 10.0 Å². The van der Waals surface area contributed by atoms with Gasteiger partial charge in [-0.2, -0.15) is 10.2 Å². The minimum absolute atomic E-state index is 0.0885. The normalized spacial score (nSPS) is 16.4. The zero-order chi connectivity index (χ0) is 19.4. The van der Waals surface area contributed by atoms with Gasteiger partial charge in [-0.1, -0.05) is 0 Å². The molecule has 1 saturated heterocycles. The lowest BCUT2D eigenvalue weighted by Gasteiger charge is -2.29. The minimum atomic E-state index is -4.14. The number of nitrogens with zero attached hydrogens (tertiary/aromatic N) is 3. The van der Waals surface area contributed by atoms with E-state index in [1.807, 2.05) is 4.72 Å². The molecule has 2 heterocycles. The van der Waals surface area contributed by atoms with Crippen LogP contribution in [0, 0.1) is 11.7 Å². The Hall–Kier alpha value is -2.30. The van der Waals surface area contributed by atoms with Gasteiger partial charge in [-0.15, -0.1) is 0 Å². The lowest BCUT2D eigenvalue weighted by molar-refractivity contribution is -0.149. The summed E-state index contributed by atoms with van der Waals surface area (Å²) in [7, 11) is -2.54. The molecule has 0 radical (unpaired) electrons. The Balaban J connectivity index is 1.64. The largest absolute Gasteiger partial charge is 0.302 e. The third kappa shape index (κ3) is 4.71. The van der Waals surface area contributed by atoms with Crippen LogP contribution >= 0.6 is 0 Å². The van der Waals surface area contributed by atoms with Crippen molar-refractivity contribution in [1.82, 2.24) is 19.6 Å². The van der Waals surface area contributed by atoms with Crippen molar-refractivity contribution in [1.29, 1.82) is 0 Å². The number of sulfonamides is 1.